The van der Waals surface area contributed by atoms with E-state index in [1.807, 2.05) is 6.92 Å². The van der Waals surface area contributed by atoms with Crippen molar-refractivity contribution in [3.8, 4) is 0 Å². The van der Waals surface area contributed by atoms with Gasteiger partial charge >= 0.3 is 6.03 Å². The summed E-state index contributed by atoms with van der Waals surface area (Å²) in [5, 5.41) is 6.95. The Bertz CT molecular complexity index is 670. The summed E-state index contributed by atoms with van der Waals surface area (Å²) in [6, 6.07) is -0.313. The first-order valence-corrected chi connectivity index (χ1v) is 8.62. The van der Waals surface area contributed by atoms with Crippen molar-refractivity contribution >= 4 is 11.9 Å². The zero-order valence-corrected chi connectivity index (χ0v) is 14.1. The third-order valence-electron chi connectivity index (χ3n) is 5.52. The fraction of sp³-hybridized carbons (Fsp3) is 0.750. The summed E-state index contributed by atoms with van der Waals surface area (Å²) in [5.41, 5.74) is -0.819. The second kappa shape index (κ2) is 5.54. The van der Waals surface area contributed by atoms with Gasteiger partial charge in [0.25, 0.3) is 5.91 Å². The number of rotatable bonds is 4. The van der Waals surface area contributed by atoms with Crippen LogP contribution in [0.4, 0.5) is 4.79 Å². The van der Waals surface area contributed by atoms with Gasteiger partial charge in [0.2, 0.25) is 5.89 Å². The van der Waals surface area contributed by atoms with E-state index in [1.54, 1.807) is 0 Å². The second-order valence-electron chi connectivity index (χ2n) is 7.39. The number of imide groups is 1. The van der Waals surface area contributed by atoms with Gasteiger partial charge in [0.15, 0.2) is 5.82 Å². The van der Waals surface area contributed by atoms with E-state index >= 15 is 0 Å². The van der Waals surface area contributed by atoms with Crippen LogP contribution in [0.2, 0.25) is 0 Å². The third-order valence-corrected chi connectivity index (χ3v) is 5.52. The van der Waals surface area contributed by atoms with Crippen molar-refractivity contribution in [2.24, 2.45) is 5.92 Å². The van der Waals surface area contributed by atoms with Crippen LogP contribution in [-0.2, 0) is 11.3 Å². The van der Waals surface area contributed by atoms with Gasteiger partial charge in [0.1, 0.15) is 5.54 Å². The number of nitrogens with one attached hydrogen (secondary N) is 1. The molecule has 130 valence electrons. The second-order valence-corrected chi connectivity index (χ2v) is 7.39. The van der Waals surface area contributed by atoms with Crippen molar-refractivity contribution < 1.29 is 14.1 Å². The molecule has 1 aromatic heterocycles. The first kappa shape index (κ1) is 15.6. The topological polar surface area (TPSA) is 91.6 Å². The number of hydrogen-bond acceptors (Lipinski definition) is 6. The number of carbonyl (C=O) groups is 2. The summed E-state index contributed by atoms with van der Waals surface area (Å²) in [6.07, 6.45) is 4.19. The fourth-order valence-corrected chi connectivity index (χ4v) is 3.77. The van der Waals surface area contributed by atoms with E-state index < -0.39 is 5.54 Å². The number of likely N-dealkylation sites (tertiary alicyclic amines) is 1. The molecule has 3 fully saturated rings. The summed E-state index contributed by atoms with van der Waals surface area (Å²) in [7, 11) is 1.53. The summed E-state index contributed by atoms with van der Waals surface area (Å²) in [6.45, 7) is 4.15. The molecule has 2 aliphatic heterocycles. The van der Waals surface area contributed by atoms with E-state index in [-0.39, 0.29) is 17.9 Å². The Morgan fingerprint density at radius 2 is 2.12 bits per heavy atom. The lowest BCUT2D eigenvalue weighted by atomic mass is 9.80. The van der Waals surface area contributed by atoms with Gasteiger partial charge in [-0.1, -0.05) is 5.16 Å². The van der Waals surface area contributed by atoms with Crippen LogP contribution in [0.3, 0.4) is 0 Å². The summed E-state index contributed by atoms with van der Waals surface area (Å²) >= 11 is 0. The van der Waals surface area contributed by atoms with Crippen LogP contribution >= 0.6 is 0 Å². The lowest BCUT2D eigenvalue weighted by molar-refractivity contribution is -0.132. The highest BCUT2D eigenvalue weighted by Crippen LogP contribution is 2.39. The van der Waals surface area contributed by atoms with Crippen LogP contribution in [0.15, 0.2) is 4.52 Å². The standard InChI is InChI=1S/C16H23N5O3/c1-16(14(22)20(2)15(23)18-16)11-4-3-7-21(8-11)9-12-17-13(24-19-12)10-5-6-10/h10-11H,3-9H2,1-2H3,(H,18,23)/t11-,16-/m0/s1. The molecule has 0 spiro atoms. The highest BCUT2D eigenvalue weighted by atomic mass is 16.5. The van der Waals surface area contributed by atoms with Crippen LogP contribution in [-0.4, -0.2) is 57.6 Å². The Morgan fingerprint density at radius 1 is 1.33 bits per heavy atom. The summed E-state index contributed by atoms with van der Waals surface area (Å²) in [5.74, 6) is 1.87. The van der Waals surface area contributed by atoms with E-state index in [9.17, 15) is 9.59 Å². The van der Waals surface area contributed by atoms with Gasteiger partial charge in [0, 0.05) is 25.4 Å². The molecule has 1 aromatic rings. The number of carbonyl (C=O) groups excluding carboxylic acids is 2. The highest BCUT2D eigenvalue weighted by molar-refractivity contribution is 6.06. The molecule has 4 rings (SSSR count). The minimum absolute atomic E-state index is 0.0856. The maximum absolute atomic E-state index is 12.5. The van der Waals surface area contributed by atoms with Crippen molar-refractivity contribution in [1.29, 1.82) is 0 Å². The van der Waals surface area contributed by atoms with Crippen molar-refractivity contribution in [3.63, 3.8) is 0 Å². The molecule has 1 saturated carbocycles. The zero-order valence-electron chi connectivity index (χ0n) is 14.1. The van der Waals surface area contributed by atoms with Crippen molar-refractivity contribution in [2.45, 2.75) is 50.6 Å². The van der Waals surface area contributed by atoms with Gasteiger partial charge in [-0.15, -0.1) is 0 Å². The van der Waals surface area contributed by atoms with Gasteiger partial charge < -0.3 is 9.84 Å². The van der Waals surface area contributed by atoms with Gasteiger partial charge in [-0.3, -0.25) is 14.6 Å². The predicted octanol–water partition coefficient (Wildman–Crippen LogP) is 1.10. The average Bonchev–Trinajstić information content (AvgIpc) is 3.29. The molecule has 0 radical (unpaired) electrons. The number of hydrogen-bond donors (Lipinski definition) is 1. The molecule has 0 bridgehead atoms. The number of likely N-dealkylation sites (N-methyl/N-ethyl adjacent to an activating group) is 1. The number of piperidine rings is 1. The molecule has 1 N–H and O–H groups in total. The van der Waals surface area contributed by atoms with Crippen LogP contribution in [0.1, 0.15) is 50.2 Å². The molecular weight excluding hydrogens is 310 g/mol. The minimum atomic E-state index is -0.819. The molecular formula is C16H23N5O3. The quantitative estimate of drug-likeness (QED) is 0.830. The minimum Gasteiger partial charge on any atom is -0.339 e. The molecule has 1 aliphatic carbocycles. The summed E-state index contributed by atoms with van der Waals surface area (Å²) < 4.78 is 5.32. The van der Waals surface area contributed by atoms with Crippen LogP contribution in [0.25, 0.3) is 0 Å². The van der Waals surface area contributed by atoms with Crippen molar-refractivity contribution in [3.05, 3.63) is 11.7 Å². The average molecular weight is 333 g/mol. The molecule has 8 heteroatoms. The number of urea groups is 1. The Morgan fingerprint density at radius 3 is 2.79 bits per heavy atom. The highest BCUT2D eigenvalue weighted by Gasteiger charge is 2.51. The molecule has 0 aromatic carbocycles. The molecule has 3 amide bonds. The van der Waals surface area contributed by atoms with Gasteiger partial charge in [-0.25, -0.2) is 4.79 Å². The van der Waals surface area contributed by atoms with Gasteiger partial charge in [-0.2, -0.15) is 4.98 Å². The molecule has 8 nitrogen and oxygen atoms in total. The lowest BCUT2D eigenvalue weighted by Gasteiger charge is -2.39. The van der Waals surface area contributed by atoms with Crippen LogP contribution in [0.5, 0.6) is 0 Å². The van der Waals surface area contributed by atoms with E-state index in [0.717, 1.165) is 44.7 Å². The monoisotopic (exact) mass is 333 g/mol. The molecule has 24 heavy (non-hydrogen) atoms. The predicted molar refractivity (Wildman–Crippen MR) is 84.0 cm³/mol. The van der Waals surface area contributed by atoms with Crippen molar-refractivity contribution in [1.82, 2.24) is 25.3 Å². The maximum Gasteiger partial charge on any atom is 0.324 e. The Hall–Kier alpha value is -1.96. The first-order valence-electron chi connectivity index (χ1n) is 8.62. The lowest BCUT2D eigenvalue weighted by Crippen LogP contribution is -2.55. The van der Waals surface area contributed by atoms with E-state index in [4.69, 9.17) is 4.52 Å². The van der Waals surface area contributed by atoms with E-state index in [0.29, 0.717) is 18.3 Å². The molecule has 2 atom stereocenters. The van der Waals surface area contributed by atoms with E-state index in [1.165, 1.54) is 11.9 Å². The molecule has 0 unspecified atom stereocenters. The third kappa shape index (κ3) is 2.58. The summed E-state index contributed by atoms with van der Waals surface area (Å²) in [4.78, 5) is 32.2. The number of aromatic nitrogens is 2. The first-order chi connectivity index (χ1) is 11.5. The molecule has 2 saturated heterocycles. The van der Waals surface area contributed by atoms with Crippen LogP contribution in [0, 0.1) is 5.92 Å². The fourth-order valence-electron chi connectivity index (χ4n) is 3.77. The molecule has 3 aliphatic rings. The largest absolute Gasteiger partial charge is 0.339 e. The maximum atomic E-state index is 12.5. The Labute approximate surface area is 140 Å². The van der Waals surface area contributed by atoms with E-state index in [2.05, 4.69) is 20.4 Å². The van der Waals surface area contributed by atoms with Gasteiger partial charge in [-0.05, 0) is 39.2 Å². The smallest absolute Gasteiger partial charge is 0.324 e. The Balaban J connectivity index is 1.43. The number of amides is 3. The molecule has 3 heterocycles. The zero-order chi connectivity index (χ0) is 16.9. The van der Waals surface area contributed by atoms with Crippen LogP contribution < -0.4 is 5.32 Å². The SMILES string of the molecule is CN1C(=O)N[C@@](C)([C@H]2CCCN(Cc3noc(C4CC4)n3)C2)C1=O. The Kier molecular flexibility index (Phi) is 3.59. The normalized spacial score (nSPS) is 31.6. The van der Waals surface area contributed by atoms with Crippen molar-refractivity contribution in [2.75, 3.05) is 20.1 Å². The number of nitrogens with zero attached hydrogens (tertiary/aromatic N) is 4. The van der Waals surface area contributed by atoms with Gasteiger partial charge in [0.05, 0.1) is 6.54 Å².